The van der Waals surface area contributed by atoms with Gasteiger partial charge in [0, 0.05) is 11.8 Å². The standard InChI is InChI=1S/C9H6FN3O/c10-7-1-6(3-11-4-7)9-2-8(5-14)12-13-9/h1-5H,(H,12,13). The minimum absolute atomic E-state index is 0.351. The summed E-state index contributed by atoms with van der Waals surface area (Å²) in [6.45, 7) is 0. The molecule has 2 aromatic rings. The Labute approximate surface area is 78.8 Å². The van der Waals surface area contributed by atoms with E-state index in [1.165, 1.54) is 18.3 Å². The van der Waals surface area contributed by atoms with Crippen molar-refractivity contribution in [1.82, 2.24) is 15.2 Å². The van der Waals surface area contributed by atoms with E-state index in [1.54, 1.807) is 0 Å². The van der Waals surface area contributed by atoms with E-state index in [0.717, 1.165) is 6.20 Å². The normalized spacial score (nSPS) is 10.1. The number of nitrogens with one attached hydrogen (secondary N) is 1. The number of carbonyl (C=O) groups excluding carboxylic acids is 1. The molecular weight excluding hydrogens is 185 g/mol. The van der Waals surface area contributed by atoms with Gasteiger partial charge in [0.05, 0.1) is 17.6 Å². The summed E-state index contributed by atoms with van der Waals surface area (Å²) in [6, 6.07) is 2.83. The Balaban J connectivity index is 2.43. The molecule has 0 atom stereocenters. The Morgan fingerprint density at radius 3 is 2.86 bits per heavy atom. The van der Waals surface area contributed by atoms with Crippen molar-refractivity contribution in [3.63, 3.8) is 0 Å². The van der Waals surface area contributed by atoms with Crippen LogP contribution in [0.3, 0.4) is 0 Å². The van der Waals surface area contributed by atoms with Crippen LogP contribution in [0.15, 0.2) is 24.5 Å². The highest BCUT2D eigenvalue weighted by Gasteiger charge is 2.04. The van der Waals surface area contributed by atoms with Crippen LogP contribution in [0.2, 0.25) is 0 Å². The van der Waals surface area contributed by atoms with Crippen molar-refractivity contribution in [2.45, 2.75) is 0 Å². The number of hydrogen-bond acceptors (Lipinski definition) is 3. The first-order valence-corrected chi connectivity index (χ1v) is 3.91. The molecule has 2 rings (SSSR count). The van der Waals surface area contributed by atoms with Crippen molar-refractivity contribution in [2.24, 2.45) is 0 Å². The number of pyridine rings is 1. The maximum absolute atomic E-state index is 12.8. The number of aromatic amines is 1. The number of aromatic nitrogens is 3. The van der Waals surface area contributed by atoms with Gasteiger partial charge in [0.1, 0.15) is 5.82 Å². The molecule has 0 saturated heterocycles. The van der Waals surface area contributed by atoms with Crippen LogP contribution >= 0.6 is 0 Å². The smallest absolute Gasteiger partial charge is 0.167 e. The quantitative estimate of drug-likeness (QED) is 0.730. The summed E-state index contributed by atoms with van der Waals surface area (Å²) >= 11 is 0. The SMILES string of the molecule is O=Cc1cc(-c2cncc(F)c2)n[nH]1. The first-order chi connectivity index (χ1) is 6.79. The van der Waals surface area contributed by atoms with Crippen molar-refractivity contribution in [3.05, 3.63) is 36.0 Å². The fourth-order valence-electron chi connectivity index (χ4n) is 1.10. The summed E-state index contributed by atoms with van der Waals surface area (Å²) in [7, 11) is 0. The average molecular weight is 191 g/mol. The average Bonchev–Trinajstić information content (AvgIpc) is 2.66. The molecule has 4 nitrogen and oxygen atoms in total. The lowest BCUT2D eigenvalue weighted by molar-refractivity contribution is 0.111. The van der Waals surface area contributed by atoms with E-state index in [1.807, 2.05) is 0 Å². The molecule has 0 radical (unpaired) electrons. The fourth-order valence-corrected chi connectivity index (χ4v) is 1.10. The molecule has 0 aromatic carbocycles. The van der Waals surface area contributed by atoms with Crippen molar-refractivity contribution in [3.8, 4) is 11.3 Å². The second kappa shape index (κ2) is 3.37. The summed E-state index contributed by atoms with van der Waals surface area (Å²) in [4.78, 5) is 14.0. The zero-order valence-corrected chi connectivity index (χ0v) is 7.07. The predicted octanol–water partition coefficient (Wildman–Crippen LogP) is 1.42. The summed E-state index contributed by atoms with van der Waals surface area (Å²) in [5.41, 5.74) is 1.39. The molecule has 0 aliphatic carbocycles. The predicted molar refractivity (Wildman–Crippen MR) is 47.2 cm³/mol. The van der Waals surface area contributed by atoms with E-state index in [4.69, 9.17) is 0 Å². The third-order valence-electron chi connectivity index (χ3n) is 1.73. The second-order valence-corrected chi connectivity index (χ2v) is 2.72. The molecule has 0 spiro atoms. The van der Waals surface area contributed by atoms with E-state index < -0.39 is 5.82 Å². The van der Waals surface area contributed by atoms with Gasteiger partial charge in [0.2, 0.25) is 0 Å². The number of rotatable bonds is 2. The van der Waals surface area contributed by atoms with Gasteiger partial charge in [-0.25, -0.2) is 4.39 Å². The number of carbonyl (C=O) groups is 1. The third-order valence-corrected chi connectivity index (χ3v) is 1.73. The van der Waals surface area contributed by atoms with Gasteiger partial charge in [-0.1, -0.05) is 0 Å². The molecule has 2 aromatic heterocycles. The molecule has 5 heteroatoms. The molecule has 0 aliphatic heterocycles. The Bertz CT molecular complexity index is 467. The molecule has 70 valence electrons. The maximum atomic E-state index is 12.8. The second-order valence-electron chi connectivity index (χ2n) is 2.72. The van der Waals surface area contributed by atoms with E-state index in [0.29, 0.717) is 23.2 Å². The zero-order chi connectivity index (χ0) is 9.97. The van der Waals surface area contributed by atoms with E-state index in [9.17, 15) is 9.18 Å². The highest BCUT2D eigenvalue weighted by Crippen LogP contribution is 2.16. The largest absolute Gasteiger partial charge is 0.296 e. The van der Waals surface area contributed by atoms with Crippen LogP contribution in [0.4, 0.5) is 4.39 Å². The summed E-state index contributed by atoms with van der Waals surface area (Å²) in [6.07, 6.45) is 3.23. The molecule has 14 heavy (non-hydrogen) atoms. The van der Waals surface area contributed by atoms with Crippen LogP contribution in [-0.2, 0) is 0 Å². The van der Waals surface area contributed by atoms with Crippen LogP contribution in [0.5, 0.6) is 0 Å². The number of hydrogen-bond donors (Lipinski definition) is 1. The van der Waals surface area contributed by atoms with Crippen LogP contribution in [0, 0.1) is 5.82 Å². The number of halogens is 1. The molecule has 0 unspecified atom stereocenters. The van der Waals surface area contributed by atoms with Crippen molar-refractivity contribution < 1.29 is 9.18 Å². The first-order valence-electron chi connectivity index (χ1n) is 3.91. The van der Waals surface area contributed by atoms with E-state index in [2.05, 4.69) is 15.2 Å². The fraction of sp³-hybridized carbons (Fsp3) is 0. The van der Waals surface area contributed by atoms with Gasteiger partial charge in [0.15, 0.2) is 6.29 Å². The first kappa shape index (κ1) is 8.55. The Kier molecular flexibility index (Phi) is 2.06. The zero-order valence-electron chi connectivity index (χ0n) is 7.07. The molecule has 0 saturated carbocycles. The summed E-state index contributed by atoms with van der Waals surface area (Å²) < 4.78 is 12.8. The highest BCUT2D eigenvalue weighted by molar-refractivity contribution is 5.75. The van der Waals surface area contributed by atoms with Crippen LogP contribution in [0.25, 0.3) is 11.3 Å². The van der Waals surface area contributed by atoms with Crippen LogP contribution in [-0.4, -0.2) is 21.5 Å². The Hall–Kier alpha value is -2.04. The lowest BCUT2D eigenvalue weighted by Gasteiger charge is -1.93. The van der Waals surface area contributed by atoms with Crippen LogP contribution < -0.4 is 0 Å². The van der Waals surface area contributed by atoms with Gasteiger partial charge < -0.3 is 0 Å². The number of H-pyrrole nitrogens is 1. The third kappa shape index (κ3) is 1.52. The topological polar surface area (TPSA) is 58.6 Å². The van der Waals surface area contributed by atoms with Gasteiger partial charge in [-0.3, -0.25) is 14.9 Å². The Morgan fingerprint density at radius 2 is 2.21 bits per heavy atom. The highest BCUT2D eigenvalue weighted by atomic mass is 19.1. The van der Waals surface area contributed by atoms with Gasteiger partial charge >= 0.3 is 0 Å². The van der Waals surface area contributed by atoms with Gasteiger partial charge in [0.25, 0.3) is 0 Å². The Morgan fingerprint density at radius 1 is 1.36 bits per heavy atom. The monoisotopic (exact) mass is 191 g/mol. The minimum Gasteiger partial charge on any atom is -0.296 e. The number of nitrogens with zero attached hydrogens (tertiary/aromatic N) is 2. The molecule has 0 fully saturated rings. The van der Waals surface area contributed by atoms with Crippen LogP contribution in [0.1, 0.15) is 10.5 Å². The number of aldehydes is 1. The molecule has 1 N–H and O–H groups in total. The molecular formula is C9H6FN3O. The molecule has 0 aliphatic rings. The molecule has 2 heterocycles. The van der Waals surface area contributed by atoms with Crippen molar-refractivity contribution in [1.29, 1.82) is 0 Å². The lowest BCUT2D eigenvalue weighted by atomic mass is 10.2. The molecule has 0 amide bonds. The van der Waals surface area contributed by atoms with Gasteiger partial charge in [-0.2, -0.15) is 5.10 Å². The van der Waals surface area contributed by atoms with Crippen molar-refractivity contribution in [2.75, 3.05) is 0 Å². The van der Waals surface area contributed by atoms with E-state index >= 15 is 0 Å². The maximum Gasteiger partial charge on any atom is 0.167 e. The molecule has 0 bridgehead atoms. The summed E-state index contributed by atoms with van der Waals surface area (Å²) in [5.74, 6) is -0.432. The summed E-state index contributed by atoms with van der Waals surface area (Å²) in [5, 5.41) is 6.34. The van der Waals surface area contributed by atoms with Crippen molar-refractivity contribution >= 4 is 6.29 Å². The van der Waals surface area contributed by atoms with Gasteiger partial charge in [-0.15, -0.1) is 0 Å². The van der Waals surface area contributed by atoms with E-state index in [-0.39, 0.29) is 0 Å². The lowest BCUT2D eigenvalue weighted by Crippen LogP contribution is -1.82. The van der Waals surface area contributed by atoms with Gasteiger partial charge in [-0.05, 0) is 12.1 Å². The minimum atomic E-state index is -0.432.